The van der Waals surface area contributed by atoms with Crippen LogP contribution in [0.4, 0.5) is 4.79 Å². The van der Waals surface area contributed by atoms with Gasteiger partial charge in [-0.3, -0.25) is 4.79 Å². The summed E-state index contributed by atoms with van der Waals surface area (Å²) in [6, 6.07) is 8.58. The lowest BCUT2D eigenvalue weighted by molar-refractivity contribution is -0.135. The molecule has 2 heterocycles. The highest BCUT2D eigenvalue weighted by molar-refractivity contribution is 6.30. The van der Waals surface area contributed by atoms with Crippen molar-refractivity contribution in [3.05, 3.63) is 34.9 Å². The molecule has 0 radical (unpaired) electrons. The third kappa shape index (κ3) is 8.09. The van der Waals surface area contributed by atoms with Gasteiger partial charge in [-0.2, -0.15) is 0 Å². The lowest BCUT2D eigenvalue weighted by Gasteiger charge is -2.45. The first-order chi connectivity index (χ1) is 18.9. The number of rotatable bonds is 9. The van der Waals surface area contributed by atoms with E-state index in [0.717, 1.165) is 56.9 Å². The van der Waals surface area contributed by atoms with Crippen molar-refractivity contribution >= 4 is 23.5 Å². The summed E-state index contributed by atoms with van der Waals surface area (Å²) in [6.45, 7) is 8.23. The lowest BCUT2D eigenvalue weighted by Crippen LogP contribution is -2.59. The fourth-order valence-corrected chi connectivity index (χ4v) is 6.59. The van der Waals surface area contributed by atoms with E-state index in [4.69, 9.17) is 22.1 Å². The third-order valence-electron chi connectivity index (χ3n) is 8.87. The van der Waals surface area contributed by atoms with Gasteiger partial charge in [0.05, 0.1) is 6.04 Å². The normalized spacial score (nSPS) is 23.8. The van der Waals surface area contributed by atoms with Gasteiger partial charge >= 0.3 is 6.03 Å². The van der Waals surface area contributed by atoms with Crippen molar-refractivity contribution in [1.29, 1.82) is 0 Å². The van der Waals surface area contributed by atoms with Gasteiger partial charge in [-0.05, 0) is 89.3 Å². The highest BCUT2D eigenvalue weighted by Crippen LogP contribution is 2.27. The van der Waals surface area contributed by atoms with Gasteiger partial charge in [0.2, 0.25) is 5.91 Å². The number of carbonyl (C=O) groups excluding carboxylic acids is 2. The van der Waals surface area contributed by atoms with Crippen molar-refractivity contribution in [3.63, 3.8) is 0 Å². The Morgan fingerprint density at radius 1 is 0.974 bits per heavy atom. The van der Waals surface area contributed by atoms with Crippen LogP contribution in [0.2, 0.25) is 5.02 Å². The van der Waals surface area contributed by atoms with Crippen molar-refractivity contribution in [2.24, 2.45) is 5.73 Å². The maximum atomic E-state index is 13.9. The first kappa shape index (κ1) is 30.1. The molecular formula is C30H48ClN5O3. The fraction of sp³-hybridized carbons (Fsp3) is 0.733. The molecule has 2 aliphatic heterocycles. The lowest BCUT2D eigenvalue weighted by atomic mass is 9.90. The van der Waals surface area contributed by atoms with Gasteiger partial charge in [0.1, 0.15) is 0 Å². The predicted octanol–water partition coefficient (Wildman–Crippen LogP) is 4.04. The monoisotopic (exact) mass is 561 g/mol. The first-order valence-electron chi connectivity index (χ1n) is 15.1. The van der Waals surface area contributed by atoms with Crippen LogP contribution < -0.4 is 11.1 Å². The van der Waals surface area contributed by atoms with Gasteiger partial charge in [0.15, 0.2) is 0 Å². The zero-order valence-corrected chi connectivity index (χ0v) is 24.6. The largest absolute Gasteiger partial charge is 0.381 e. The van der Waals surface area contributed by atoms with Crippen LogP contribution in [-0.4, -0.2) is 96.2 Å². The summed E-state index contributed by atoms with van der Waals surface area (Å²) < 4.78 is 5.60. The Morgan fingerprint density at radius 3 is 2.15 bits per heavy atom. The molecule has 1 aromatic carbocycles. The van der Waals surface area contributed by atoms with E-state index < -0.39 is 0 Å². The average Bonchev–Trinajstić information content (AvgIpc) is 2.96. The summed E-state index contributed by atoms with van der Waals surface area (Å²) in [5.41, 5.74) is 7.24. The zero-order valence-electron chi connectivity index (χ0n) is 23.8. The maximum Gasteiger partial charge on any atom is 0.320 e. The highest BCUT2D eigenvalue weighted by Gasteiger charge is 2.38. The van der Waals surface area contributed by atoms with Crippen LogP contribution in [0.1, 0.15) is 70.8 Å². The Hall–Kier alpha value is -1.87. The van der Waals surface area contributed by atoms with Crippen molar-refractivity contribution in [1.82, 2.24) is 20.0 Å². The molecular weight excluding hydrogens is 514 g/mol. The number of hydrogen-bond donors (Lipinski definition) is 2. The second kappa shape index (κ2) is 14.7. The molecule has 1 aliphatic carbocycles. The molecule has 9 heteroatoms. The number of halogens is 1. The van der Waals surface area contributed by atoms with Crippen molar-refractivity contribution in [2.45, 2.75) is 102 Å². The maximum absolute atomic E-state index is 13.9. The number of nitrogens with two attached hydrogens (primary N) is 1. The predicted molar refractivity (Wildman–Crippen MR) is 156 cm³/mol. The number of ether oxygens (including phenoxy) is 1. The fourth-order valence-electron chi connectivity index (χ4n) is 6.46. The van der Waals surface area contributed by atoms with Gasteiger partial charge in [-0.1, -0.05) is 23.7 Å². The number of nitrogens with zero attached hydrogens (tertiary/aromatic N) is 3. The van der Waals surface area contributed by atoms with E-state index in [1.54, 1.807) is 0 Å². The third-order valence-corrected chi connectivity index (χ3v) is 9.12. The quantitative estimate of drug-likeness (QED) is 0.475. The summed E-state index contributed by atoms with van der Waals surface area (Å²) in [6.07, 6.45) is 8.00. The zero-order chi connectivity index (χ0) is 27.8. The molecule has 3 amide bonds. The van der Waals surface area contributed by atoms with Gasteiger partial charge in [-0.15, -0.1) is 0 Å². The van der Waals surface area contributed by atoms with Crippen LogP contribution in [0.25, 0.3) is 0 Å². The van der Waals surface area contributed by atoms with Crippen LogP contribution in [0.5, 0.6) is 0 Å². The van der Waals surface area contributed by atoms with Crippen molar-refractivity contribution in [2.75, 3.05) is 39.4 Å². The van der Waals surface area contributed by atoms with E-state index in [9.17, 15) is 9.59 Å². The SMILES string of the molecule is CCN(CC)C(=O)N(C1CCOCC1)C1CCN(C(=O)[C@@H](Cc2ccc(Cl)cc2)N[C@H]2CC[C@@H](N)CC2)CC1. The summed E-state index contributed by atoms with van der Waals surface area (Å²) in [7, 11) is 0. The van der Waals surface area contributed by atoms with Gasteiger partial charge < -0.3 is 30.5 Å². The first-order valence-corrected chi connectivity index (χ1v) is 15.5. The topological polar surface area (TPSA) is 91.1 Å². The molecule has 1 aromatic rings. The number of urea groups is 1. The van der Waals surface area contributed by atoms with Gasteiger partial charge in [0, 0.05) is 68.6 Å². The minimum Gasteiger partial charge on any atom is -0.381 e. The van der Waals surface area contributed by atoms with Crippen LogP contribution in [0.15, 0.2) is 24.3 Å². The molecule has 3 aliphatic rings. The average molecular weight is 562 g/mol. The molecule has 3 fully saturated rings. The number of amides is 3. The molecule has 3 N–H and O–H groups in total. The number of hydrogen-bond acceptors (Lipinski definition) is 5. The van der Waals surface area contributed by atoms with Crippen LogP contribution in [0.3, 0.4) is 0 Å². The number of likely N-dealkylation sites (tertiary alicyclic amines) is 1. The number of benzene rings is 1. The molecule has 0 spiro atoms. The van der Waals surface area contributed by atoms with Crippen LogP contribution >= 0.6 is 11.6 Å². The van der Waals surface area contributed by atoms with E-state index in [1.165, 1.54) is 0 Å². The van der Waals surface area contributed by atoms with Crippen molar-refractivity contribution < 1.29 is 14.3 Å². The molecule has 218 valence electrons. The minimum atomic E-state index is -0.286. The number of nitrogens with one attached hydrogen (secondary N) is 1. The molecule has 0 bridgehead atoms. The number of carbonyl (C=O) groups is 2. The smallest absolute Gasteiger partial charge is 0.320 e. The highest BCUT2D eigenvalue weighted by atomic mass is 35.5. The Bertz CT molecular complexity index is 906. The summed E-state index contributed by atoms with van der Waals surface area (Å²) in [5.74, 6) is 0.158. The summed E-state index contributed by atoms with van der Waals surface area (Å²) in [5, 5.41) is 4.41. The molecule has 0 unspecified atom stereocenters. The van der Waals surface area contributed by atoms with Crippen molar-refractivity contribution in [3.8, 4) is 0 Å². The molecule has 4 rings (SSSR count). The molecule has 1 atom stereocenters. The molecule has 2 saturated heterocycles. The van der Waals surface area contributed by atoms with Crippen LogP contribution in [0, 0.1) is 0 Å². The Morgan fingerprint density at radius 2 is 1.56 bits per heavy atom. The van der Waals surface area contributed by atoms with E-state index in [1.807, 2.05) is 47.9 Å². The Kier molecular flexibility index (Phi) is 11.3. The van der Waals surface area contributed by atoms with Gasteiger partial charge in [-0.25, -0.2) is 4.79 Å². The van der Waals surface area contributed by atoms with E-state index in [0.29, 0.717) is 56.9 Å². The second-order valence-corrected chi connectivity index (χ2v) is 11.9. The summed E-state index contributed by atoms with van der Waals surface area (Å²) >= 11 is 6.12. The van der Waals surface area contributed by atoms with Crippen LogP contribution in [-0.2, 0) is 16.0 Å². The van der Waals surface area contributed by atoms with E-state index in [2.05, 4.69) is 10.2 Å². The molecule has 0 aromatic heterocycles. The molecule has 8 nitrogen and oxygen atoms in total. The van der Waals surface area contributed by atoms with Gasteiger partial charge in [0.25, 0.3) is 0 Å². The Labute approximate surface area is 239 Å². The van der Waals surface area contributed by atoms with E-state index in [-0.39, 0.29) is 36.1 Å². The second-order valence-electron chi connectivity index (χ2n) is 11.4. The molecule has 39 heavy (non-hydrogen) atoms. The number of piperidine rings is 1. The Balaban J connectivity index is 1.43. The summed E-state index contributed by atoms with van der Waals surface area (Å²) in [4.78, 5) is 33.6. The molecule has 1 saturated carbocycles. The standard InChI is InChI=1S/C30H48ClN5O3/c1-3-34(4-2)30(38)36(27-15-19-39-20-16-27)26-13-17-35(18-14-26)29(37)28(21-22-5-7-23(31)8-6-22)33-25-11-9-24(32)10-12-25/h5-8,24-28,33H,3-4,9-21,32H2,1-2H3/t24-,25+,28-/m1/s1. The minimum absolute atomic E-state index is 0.134. The van der Waals surface area contributed by atoms with E-state index >= 15 is 0 Å².